The fourth-order valence-electron chi connectivity index (χ4n) is 3.03. The van der Waals surface area contributed by atoms with Crippen LogP contribution in [0.15, 0.2) is 0 Å². The summed E-state index contributed by atoms with van der Waals surface area (Å²) in [5.74, 6) is 0.931. The van der Waals surface area contributed by atoms with Crippen molar-refractivity contribution >= 4 is 0 Å². The van der Waals surface area contributed by atoms with Crippen molar-refractivity contribution in [3.05, 3.63) is 0 Å². The number of aliphatic hydroxyl groups is 1. The summed E-state index contributed by atoms with van der Waals surface area (Å²) in [7, 11) is 0. The van der Waals surface area contributed by atoms with Gasteiger partial charge in [-0.15, -0.1) is 0 Å². The van der Waals surface area contributed by atoms with Crippen LogP contribution in [0.3, 0.4) is 0 Å². The van der Waals surface area contributed by atoms with Gasteiger partial charge >= 0.3 is 0 Å². The Morgan fingerprint density at radius 2 is 1.82 bits per heavy atom. The van der Waals surface area contributed by atoms with Gasteiger partial charge in [-0.2, -0.15) is 0 Å². The molecular formula is C14H27NO2. The molecule has 3 heteroatoms. The van der Waals surface area contributed by atoms with Crippen molar-refractivity contribution < 1.29 is 9.84 Å². The van der Waals surface area contributed by atoms with Gasteiger partial charge in [-0.3, -0.25) is 0 Å². The summed E-state index contributed by atoms with van der Waals surface area (Å²) in [6.45, 7) is 3.22. The maximum atomic E-state index is 10.3. The maximum absolute atomic E-state index is 10.3. The second kappa shape index (κ2) is 6.72. The van der Waals surface area contributed by atoms with Gasteiger partial charge in [0.15, 0.2) is 0 Å². The summed E-state index contributed by atoms with van der Waals surface area (Å²) >= 11 is 0. The van der Waals surface area contributed by atoms with Crippen molar-refractivity contribution in [2.24, 2.45) is 5.92 Å². The molecule has 2 rings (SSSR count). The van der Waals surface area contributed by atoms with Gasteiger partial charge in [0, 0.05) is 32.6 Å². The van der Waals surface area contributed by atoms with E-state index in [-0.39, 0.29) is 0 Å². The highest BCUT2D eigenvalue weighted by Gasteiger charge is 2.29. The van der Waals surface area contributed by atoms with E-state index in [1.165, 1.54) is 38.5 Å². The first-order valence-electron chi connectivity index (χ1n) is 7.29. The highest BCUT2D eigenvalue weighted by atomic mass is 16.5. The summed E-state index contributed by atoms with van der Waals surface area (Å²) in [6.07, 6.45) is 9.96. The van der Waals surface area contributed by atoms with Gasteiger partial charge in [-0.25, -0.2) is 0 Å². The molecule has 0 aromatic carbocycles. The molecule has 0 aromatic heterocycles. The Labute approximate surface area is 105 Å². The van der Waals surface area contributed by atoms with Crippen LogP contribution in [0.1, 0.15) is 51.4 Å². The molecule has 1 aliphatic carbocycles. The average Bonchev–Trinajstić information content (AvgIpc) is 2.37. The number of hydrogen-bond donors (Lipinski definition) is 2. The van der Waals surface area contributed by atoms with Crippen LogP contribution >= 0.6 is 0 Å². The van der Waals surface area contributed by atoms with E-state index in [9.17, 15) is 5.11 Å². The van der Waals surface area contributed by atoms with Crippen LogP contribution in [-0.2, 0) is 4.74 Å². The van der Waals surface area contributed by atoms with E-state index in [1.54, 1.807) is 0 Å². The molecule has 2 N–H and O–H groups in total. The topological polar surface area (TPSA) is 41.5 Å². The Kier molecular flexibility index (Phi) is 5.26. The quantitative estimate of drug-likeness (QED) is 0.724. The van der Waals surface area contributed by atoms with Crippen LogP contribution in [0.5, 0.6) is 0 Å². The molecule has 17 heavy (non-hydrogen) atoms. The lowest BCUT2D eigenvalue weighted by molar-refractivity contribution is -0.0615. The van der Waals surface area contributed by atoms with Gasteiger partial charge in [0.2, 0.25) is 0 Å². The van der Waals surface area contributed by atoms with E-state index in [0.29, 0.717) is 13.2 Å². The smallest absolute Gasteiger partial charge is 0.0815 e. The largest absolute Gasteiger partial charge is 0.388 e. The maximum Gasteiger partial charge on any atom is 0.0815 e. The first-order chi connectivity index (χ1) is 8.29. The van der Waals surface area contributed by atoms with Crippen LogP contribution in [0.25, 0.3) is 0 Å². The van der Waals surface area contributed by atoms with Crippen molar-refractivity contribution in [2.75, 3.05) is 26.3 Å². The Bertz CT molecular complexity index is 208. The van der Waals surface area contributed by atoms with E-state index < -0.39 is 5.60 Å². The molecule has 0 atom stereocenters. The molecule has 1 aliphatic heterocycles. The molecule has 0 bridgehead atoms. The van der Waals surface area contributed by atoms with Crippen LogP contribution in [0.2, 0.25) is 0 Å². The first-order valence-corrected chi connectivity index (χ1v) is 7.29. The summed E-state index contributed by atoms with van der Waals surface area (Å²) in [6, 6.07) is 0. The van der Waals surface area contributed by atoms with E-state index in [4.69, 9.17) is 4.74 Å². The lowest BCUT2D eigenvalue weighted by Gasteiger charge is -2.32. The van der Waals surface area contributed by atoms with Crippen LogP contribution in [-0.4, -0.2) is 37.0 Å². The predicted octanol–water partition coefficient (Wildman–Crippen LogP) is 2.09. The molecular weight excluding hydrogens is 214 g/mol. The Morgan fingerprint density at radius 1 is 1.12 bits per heavy atom. The zero-order valence-electron chi connectivity index (χ0n) is 10.9. The van der Waals surface area contributed by atoms with Gasteiger partial charge in [-0.05, 0) is 18.9 Å². The Morgan fingerprint density at radius 3 is 2.53 bits per heavy atom. The van der Waals surface area contributed by atoms with Gasteiger partial charge in [-0.1, -0.05) is 32.1 Å². The summed E-state index contributed by atoms with van der Waals surface area (Å²) in [5.41, 5.74) is -0.509. The second-order valence-corrected chi connectivity index (χ2v) is 5.81. The molecule has 0 unspecified atom stereocenters. The van der Waals surface area contributed by atoms with Crippen molar-refractivity contribution in [3.63, 3.8) is 0 Å². The van der Waals surface area contributed by atoms with Crippen molar-refractivity contribution in [3.8, 4) is 0 Å². The third kappa shape index (κ3) is 4.57. The number of ether oxygens (including phenoxy) is 1. The fraction of sp³-hybridized carbons (Fsp3) is 1.00. The predicted molar refractivity (Wildman–Crippen MR) is 69.1 cm³/mol. The van der Waals surface area contributed by atoms with E-state index in [0.717, 1.165) is 31.8 Å². The average molecular weight is 241 g/mol. The molecule has 100 valence electrons. The van der Waals surface area contributed by atoms with Gasteiger partial charge in [0.1, 0.15) is 0 Å². The second-order valence-electron chi connectivity index (χ2n) is 5.81. The van der Waals surface area contributed by atoms with E-state index >= 15 is 0 Å². The minimum Gasteiger partial charge on any atom is -0.388 e. The number of rotatable bonds is 5. The lowest BCUT2D eigenvalue weighted by atomic mass is 9.87. The van der Waals surface area contributed by atoms with E-state index in [1.807, 2.05) is 0 Å². The van der Waals surface area contributed by atoms with Crippen LogP contribution in [0, 0.1) is 5.92 Å². The highest BCUT2D eigenvalue weighted by Crippen LogP contribution is 2.26. The van der Waals surface area contributed by atoms with Gasteiger partial charge in [0.05, 0.1) is 5.60 Å². The molecule has 0 aromatic rings. The van der Waals surface area contributed by atoms with Gasteiger partial charge < -0.3 is 15.2 Å². The van der Waals surface area contributed by atoms with Crippen molar-refractivity contribution in [2.45, 2.75) is 57.0 Å². The summed E-state index contributed by atoms with van der Waals surface area (Å²) < 4.78 is 5.28. The monoisotopic (exact) mass is 241 g/mol. The zero-order valence-corrected chi connectivity index (χ0v) is 10.9. The standard InChI is InChI=1S/C14H27NO2/c16-14(7-10-17-11-8-14)12-15-9-6-13-4-2-1-3-5-13/h13,15-16H,1-12H2. The van der Waals surface area contributed by atoms with Gasteiger partial charge in [0.25, 0.3) is 0 Å². The fourth-order valence-corrected chi connectivity index (χ4v) is 3.03. The molecule has 3 nitrogen and oxygen atoms in total. The molecule has 0 spiro atoms. The first kappa shape index (κ1) is 13.3. The third-order valence-electron chi connectivity index (χ3n) is 4.33. The normalized spacial score (nSPS) is 25.9. The molecule has 2 fully saturated rings. The molecule has 1 heterocycles. The molecule has 0 radical (unpaired) electrons. The van der Waals surface area contributed by atoms with Crippen LogP contribution < -0.4 is 5.32 Å². The Hall–Kier alpha value is -0.120. The number of hydrogen-bond acceptors (Lipinski definition) is 3. The molecule has 0 amide bonds. The van der Waals surface area contributed by atoms with Crippen LogP contribution in [0.4, 0.5) is 0 Å². The van der Waals surface area contributed by atoms with E-state index in [2.05, 4.69) is 5.32 Å². The minimum atomic E-state index is -0.509. The SMILES string of the molecule is OC1(CNCCC2CCCCC2)CCOCC1. The highest BCUT2D eigenvalue weighted by molar-refractivity contribution is 4.83. The number of nitrogens with one attached hydrogen (secondary N) is 1. The van der Waals surface area contributed by atoms with Crippen molar-refractivity contribution in [1.29, 1.82) is 0 Å². The molecule has 1 saturated carbocycles. The zero-order chi connectivity index (χ0) is 12.0. The molecule has 2 aliphatic rings. The molecule has 1 saturated heterocycles. The summed E-state index contributed by atoms with van der Waals surface area (Å²) in [4.78, 5) is 0. The minimum absolute atomic E-state index is 0.509. The summed E-state index contributed by atoms with van der Waals surface area (Å²) in [5, 5.41) is 13.7. The van der Waals surface area contributed by atoms with Crippen molar-refractivity contribution in [1.82, 2.24) is 5.32 Å². The third-order valence-corrected chi connectivity index (χ3v) is 4.33. The lowest BCUT2D eigenvalue weighted by Crippen LogP contribution is -2.45. The Balaban J connectivity index is 1.55.